The van der Waals surface area contributed by atoms with E-state index in [1.807, 2.05) is 20.8 Å². The summed E-state index contributed by atoms with van der Waals surface area (Å²) in [4.78, 5) is 13.4. The Labute approximate surface area is 127 Å². The molecule has 2 atom stereocenters. The molecule has 2 fully saturated rings. The fraction of sp³-hybridized carbons (Fsp3) is 0.938. The van der Waals surface area contributed by atoms with Gasteiger partial charge < -0.3 is 14.4 Å². The number of carbonyl (C=O) groups excluding carboxylic acids is 1. The first-order valence-electron chi connectivity index (χ1n) is 8.12. The highest BCUT2D eigenvalue weighted by Gasteiger charge is 2.35. The molecule has 0 aromatic heterocycles. The Morgan fingerprint density at radius 3 is 2.38 bits per heavy atom. The highest BCUT2D eigenvalue weighted by atomic mass is 19.1. The van der Waals surface area contributed by atoms with Crippen LogP contribution in [-0.4, -0.2) is 48.1 Å². The summed E-state index contributed by atoms with van der Waals surface area (Å²) in [6.07, 6.45) is 4.54. The van der Waals surface area contributed by atoms with Gasteiger partial charge >= 0.3 is 6.09 Å². The Bertz CT molecular complexity index is 350. The third kappa shape index (κ3) is 5.13. The monoisotopic (exact) mass is 301 g/mol. The van der Waals surface area contributed by atoms with Crippen LogP contribution in [0.1, 0.15) is 59.3 Å². The minimum Gasteiger partial charge on any atom is -0.444 e. The number of nitrogens with zero attached hydrogens (tertiary/aromatic N) is 1. The molecule has 1 amide bonds. The number of amides is 1. The second-order valence-electron chi connectivity index (χ2n) is 7.17. The molecule has 0 bridgehead atoms. The molecular weight excluding hydrogens is 273 g/mol. The quantitative estimate of drug-likeness (QED) is 0.781. The van der Waals surface area contributed by atoms with Gasteiger partial charge in [-0.1, -0.05) is 19.3 Å². The summed E-state index contributed by atoms with van der Waals surface area (Å²) in [6.45, 7) is 6.03. The van der Waals surface area contributed by atoms with Gasteiger partial charge in [-0.2, -0.15) is 0 Å². The lowest BCUT2D eigenvalue weighted by Crippen LogP contribution is -2.50. The zero-order valence-electron chi connectivity index (χ0n) is 13.4. The van der Waals surface area contributed by atoms with E-state index in [9.17, 15) is 9.18 Å². The molecule has 1 saturated carbocycles. The summed E-state index contributed by atoms with van der Waals surface area (Å²) in [5, 5.41) is 0. The predicted octanol–water partition coefficient (Wildman–Crippen LogP) is 3.68. The van der Waals surface area contributed by atoms with Crippen molar-refractivity contribution in [3.63, 3.8) is 0 Å². The van der Waals surface area contributed by atoms with Crippen LogP contribution in [-0.2, 0) is 9.47 Å². The van der Waals surface area contributed by atoms with Crippen molar-refractivity contribution < 1.29 is 18.7 Å². The van der Waals surface area contributed by atoms with Crippen molar-refractivity contribution in [1.82, 2.24) is 4.90 Å². The number of ether oxygens (including phenoxy) is 2. The fourth-order valence-corrected chi connectivity index (χ4v) is 2.98. The van der Waals surface area contributed by atoms with E-state index in [0.29, 0.717) is 13.0 Å². The van der Waals surface area contributed by atoms with Crippen molar-refractivity contribution in [3.8, 4) is 0 Å². The van der Waals surface area contributed by atoms with Crippen LogP contribution >= 0.6 is 0 Å². The molecule has 0 N–H and O–H groups in total. The first kappa shape index (κ1) is 16.5. The molecule has 4 nitrogen and oxygen atoms in total. The van der Waals surface area contributed by atoms with Crippen molar-refractivity contribution in [2.24, 2.45) is 0 Å². The number of hydrogen-bond donors (Lipinski definition) is 0. The van der Waals surface area contributed by atoms with Gasteiger partial charge in [0.2, 0.25) is 0 Å². The highest BCUT2D eigenvalue weighted by molar-refractivity contribution is 5.68. The maximum atomic E-state index is 14.3. The summed E-state index contributed by atoms with van der Waals surface area (Å²) >= 11 is 0. The van der Waals surface area contributed by atoms with Crippen LogP contribution in [0.4, 0.5) is 9.18 Å². The van der Waals surface area contributed by atoms with Gasteiger partial charge in [0.25, 0.3) is 0 Å². The molecule has 0 radical (unpaired) electrons. The Balaban J connectivity index is 1.79. The number of carbonyl (C=O) groups is 1. The van der Waals surface area contributed by atoms with Gasteiger partial charge in [-0.25, -0.2) is 9.18 Å². The van der Waals surface area contributed by atoms with Gasteiger partial charge in [0.1, 0.15) is 11.8 Å². The molecule has 5 heteroatoms. The molecule has 0 aromatic rings. The molecular formula is C16H28FNO3. The lowest BCUT2D eigenvalue weighted by atomic mass is 9.97. The zero-order chi connectivity index (χ0) is 15.5. The molecule has 122 valence electrons. The molecule has 1 aliphatic heterocycles. The van der Waals surface area contributed by atoms with E-state index in [4.69, 9.17) is 9.47 Å². The smallest absolute Gasteiger partial charge is 0.410 e. The Hall–Kier alpha value is -0.840. The number of alkyl halides is 1. The van der Waals surface area contributed by atoms with Crippen LogP contribution in [0.2, 0.25) is 0 Å². The van der Waals surface area contributed by atoms with E-state index < -0.39 is 17.9 Å². The number of likely N-dealkylation sites (tertiary alicyclic amines) is 1. The fourth-order valence-electron chi connectivity index (χ4n) is 2.98. The lowest BCUT2D eigenvalue weighted by Gasteiger charge is -2.37. The second kappa shape index (κ2) is 6.95. The highest BCUT2D eigenvalue weighted by Crippen LogP contribution is 2.26. The number of rotatable bonds is 2. The minimum atomic E-state index is -1.12. The van der Waals surface area contributed by atoms with Crippen LogP contribution in [0.15, 0.2) is 0 Å². The van der Waals surface area contributed by atoms with Crippen LogP contribution < -0.4 is 0 Å². The van der Waals surface area contributed by atoms with E-state index in [0.717, 1.165) is 12.8 Å². The van der Waals surface area contributed by atoms with Crippen LogP contribution in [0.3, 0.4) is 0 Å². The predicted molar refractivity (Wildman–Crippen MR) is 79.1 cm³/mol. The summed E-state index contributed by atoms with van der Waals surface area (Å²) in [7, 11) is 0. The maximum absolute atomic E-state index is 14.3. The summed E-state index contributed by atoms with van der Waals surface area (Å²) < 4.78 is 25.5. The van der Waals surface area contributed by atoms with Crippen molar-refractivity contribution in [1.29, 1.82) is 0 Å². The summed E-state index contributed by atoms with van der Waals surface area (Å²) in [5.41, 5.74) is -0.543. The van der Waals surface area contributed by atoms with E-state index in [2.05, 4.69) is 0 Å². The first-order valence-corrected chi connectivity index (χ1v) is 8.12. The summed E-state index contributed by atoms with van der Waals surface area (Å²) in [5.74, 6) is 0. The number of piperidine rings is 1. The Morgan fingerprint density at radius 1 is 1.14 bits per heavy atom. The summed E-state index contributed by atoms with van der Waals surface area (Å²) in [6, 6.07) is 0. The van der Waals surface area contributed by atoms with E-state index in [-0.39, 0.29) is 18.8 Å². The molecule has 2 rings (SSSR count). The third-order valence-corrected chi connectivity index (χ3v) is 4.05. The average molecular weight is 301 g/mol. The molecule has 1 saturated heterocycles. The molecule has 1 heterocycles. The van der Waals surface area contributed by atoms with Crippen LogP contribution in [0, 0.1) is 0 Å². The van der Waals surface area contributed by atoms with E-state index >= 15 is 0 Å². The van der Waals surface area contributed by atoms with Crippen molar-refractivity contribution in [2.45, 2.75) is 83.3 Å². The average Bonchev–Trinajstić information content (AvgIpc) is 2.40. The SMILES string of the molecule is CC(C)(C)OC(=O)N1CC[C@@H](OC2CCCCC2)C(F)C1. The Kier molecular flexibility index (Phi) is 5.47. The molecule has 1 unspecified atom stereocenters. The van der Waals surface area contributed by atoms with Crippen LogP contribution in [0.25, 0.3) is 0 Å². The van der Waals surface area contributed by atoms with Gasteiger partial charge in [-0.15, -0.1) is 0 Å². The van der Waals surface area contributed by atoms with Crippen molar-refractivity contribution >= 4 is 6.09 Å². The standard InChI is InChI=1S/C16H28FNO3/c1-16(2,3)21-15(19)18-10-9-14(13(17)11-18)20-12-7-5-4-6-8-12/h12-14H,4-11H2,1-3H3/t13?,14-/m1/s1. The van der Waals surface area contributed by atoms with Gasteiger partial charge in [0, 0.05) is 6.54 Å². The number of halogens is 1. The van der Waals surface area contributed by atoms with Crippen molar-refractivity contribution in [2.75, 3.05) is 13.1 Å². The molecule has 1 aliphatic carbocycles. The molecule has 21 heavy (non-hydrogen) atoms. The minimum absolute atomic E-state index is 0.0757. The second-order valence-corrected chi connectivity index (χ2v) is 7.17. The van der Waals surface area contributed by atoms with E-state index in [1.165, 1.54) is 24.2 Å². The zero-order valence-corrected chi connectivity index (χ0v) is 13.4. The van der Waals surface area contributed by atoms with Crippen LogP contribution in [0.5, 0.6) is 0 Å². The van der Waals surface area contributed by atoms with Gasteiger partial charge in [-0.05, 0) is 40.0 Å². The molecule has 0 spiro atoms. The van der Waals surface area contributed by atoms with Gasteiger partial charge in [0.05, 0.1) is 18.8 Å². The van der Waals surface area contributed by atoms with E-state index in [1.54, 1.807) is 0 Å². The largest absolute Gasteiger partial charge is 0.444 e. The lowest BCUT2D eigenvalue weighted by molar-refractivity contribution is -0.0927. The number of hydrogen-bond acceptors (Lipinski definition) is 3. The van der Waals surface area contributed by atoms with Gasteiger partial charge in [-0.3, -0.25) is 0 Å². The normalized spacial score (nSPS) is 28.5. The topological polar surface area (TPSA) is 38.8 Å². The third-order valence-electron chi connectivity index (χ3n) is 4.05. The molecule has 2 aliphatic rings. The Morgan fingerprint density at radius 2 is 1.81 bits per heavy atom. The molecule has 0 aromatic carbocycles. The van der Waals surface area contributed by atoms with Crippen molar-refractivity contribution in [3.05, 3.63) is 0 Å². The first-order chi connectivity index (χ1) is 9.85. The maximum Gasteiger partial charge on any atom is 0.410 e. The van der Waals surface area contributed by atoms with Gasteiger partial charge in [0.15, 0.2) is 0 Å².